The molecule has 2 aliphatic rings. The van der Waals surface area contributed by atoms with Gasteiger partial charge in [-0.25, -0.2) is 4.98 Å². The lowest BCUT2D eigenvalue weighted by atomic mass is 9.89. The molecule has 0 bridgehead atoms. The highest BCUT2D eigenvalue weighted by Crippen LogP contribution is 2.26. The normalized spacial score (nSPS) is 24.6. The Morgan fingerprint density at radius 1 is 1.27 bits per heavy atom. The fourth-order valence-corrected chi connectivity index (χ4v) is 3.95. The molecule has 1 aliphatic carbocycles. The first-order valence-corrected chi connectivity index (χ1v) is 9.53. The van der Waals surface area contributed by atoms with Crippen molar-refractivity contribution < 1.29 is 9.90 Å². The summed E-state index contributed by atoms with van der Waals surface area (Å²) < 4.78 is 0. The minimum Gasteiger partial charge on any atom is -0.391 e. The topological polar surface area (TPSA) is 77.5 Å². The van der Waals surface area contributed by atoms with E-state index in [2.05, 4.69) is 26.4 Å². The number of hydrogen-bond donors (Lipinski definition) is 3. The second kappa shape index (κ2) is 9.02. The molecule has 1 aromatic heterocycles. The molecular weight excluding hydrogens is 328 g/mol. The summed E-state index contributed by atoms with van der Waals surface area (Å²) in [6.45, 7) is 2.23. The summed E-state index contributed by atoms with van der Waals surface area (Å²) in [4.78, 5) is 18.6. The summed E-state index contributed by atoms with van der Waals surface area (Å²) in [5, 5.41) is 16.3. The van der Waals surface area contributed by atoms with Gasteiger partial charge in [-0.1, -0.05) is 18.8 Å². The Balaban J connectivity index is 1.47. The Bertz CT molecular complexity index is 632. The third-order valence-corrected chi connectivity index (χ3v) is 5.42. The number of rotatable bonds is 5. The average molecular weight is 356 g/mol. The van der Waals surface area contributed by atoms with Crippen molar-refractivity contribution in [2.45, 2.75) is 56.7 Å². The van der Waals surface area contributed by atoms with Gasteiger partial charge in [0.05, 0.1) is 18.2 Å². The first-order valence-electron chi connectivity index (χ1n) is 9.53. The molecule has 0 spiro atoms. The molecule has 1 saturated carbocycles. The van der Waals surface area contributed by atoms with Gasteiger partial charge in [0.2, 0.25) is 0 Å². The van der Waals surface area contributed by atoms with Crippen LogP contribution in [0.1, 0.15) is 48.9 Å². The molecule has 1 aliphatic heterocycles. The summed E-state index contributed by atoms with van der Waals surface area (Å²) in [6.07, 6.45) is 13.1. The van der Waals surface area contributed by atoms with Crippen LogP contribution in [-0.2, 0) is 0 Å². The van der Waals surface area contributed by atoms with Crippen LogP contribution in [0.5, 0.6) is 0 Å². The maximum absolute atomic E-state index is 11.8. The molecule has 2 heterocycles. The summed E-state index contributed by atoms with van der Waals surface area (Å²) in [5.41, 5.74) is 0.506. The van der Waals surface area contributed by atoms with Gasteiger partial charge in [-0.05, 0) is 37.8 Å². The van der Waals surface area contributed by atoms with E-state index < -0.39 is 0 Å². The third kappa shape index (κ3) is 4.75. The zero-order valence-corrected chi connectivity index (χ0v) is 15.2. The fraction of sp³-hybridized carbons (Fsp3) is 0.600. The SMILES string of the molecule is C#CCNC(=O)c1ccc(NC2CCN(C3CCCCC3O)CC2)nc1. The average Bonchev–Trinajstić information content (AvgIpc) is 2.68. The van der Waals surface area contributed by atoms with E-state index in [0.29, 0.717) is 17.6 Å². The van der Waals surface area contributed by atoms with Crippen molar-refractivity contribution in [2.24, 2.45) is 0 Å². The predicted octanol–water partition coefficient (Wildman–Crippen LogP) is 1.62. The summed E-state index contributed by atoms with van der Waals surface area (Å²) in [6, 6.07) is 4.31. The Labute approximate surface area is 155 Å². The van der Waals surface area contributed by atoms with Crippen LogP contribution in [0.15, 0.2) is 18.3 Å². The number of anilines is 1. The molecule has 26 heavy (non-hydrogen) atoms. The molecule has 3 N–H and O–H groups in total. The Hall–Kier alpha value is -2.10. The van der Waals surface area contributed by atoms with Crippen molar-refractivity contribution in [3.8, 4) is 12.3 Å². The van der Waals surface area contributed by atoms with Crippen molar-refractivity contribution in [1.82, 2.24) is 15.2 Å². The van der Waals surface area contributed by atoms with Crippen molar-refractivity contribution >= 4 is 11.7 Å². The van der Waals surface area contributed by atoms with Gasteiger partial charge in [-0.3, -0.25) is 9.69 Å². The highest BCUT2D eigenvalue weighted by Gasteiger charge is 2.31. The van der Waals surface area contributed by atoms with Crippen LogP contribution in [0.3, 0.4) is 0 Å². The smallest absolute Gasteiger partial charge is 0.253 e. The van der Waals surface area contributed by atoms with E-state index in [1.807, 2.05) is 6.07 Å². The van der Waals surface area contributed by atoms with E-state index in [1.165, 1.54) is 6.42 Å². The highest BCUT2D eigenvalue weighted by atomic mass is 16.3. The van der Waals surface area contributed by atoms with Crippen molar-refractivity contribution in [1.29, 1.82) is 0 Å². The van der Waals surface area contributed by atoms with Crippen LogP contribution in [-0.4, -0.2) is 58.7 Å². The van der Waals surface area contributed by atoms with Gasteiger partial charge in [-0.2, -0.15) is 0 Å². The number of piperidine rings is 1. The van der Waals surface area contributed by atoms with E-state index in [-0.39, 0.29) is 18.6 Å². The number of likely N-dealkylation sites (tertiary alicyclic amines) is 1. The molecular formula is C20H28N4O2. The van der Waals surface area contributed by atoms with Crippen LogP contribution >= 0.6 is 0 Å². The van der Waals surface area contributed by atoms with Gasteiger partial charge in [0.1, 0.15) is 5.82 Å². The maximum Gasteiger partial charge on any atom is 0.253 e. The number of hydrogen-bond acceptors (Lipinski definition) is 5. The molecule has 140 valence electrons. The Morgan fingerprint density at radius 2 is 2.04 bits per heavy atom. The molecule has 2 atom stereocenters. The second-order valence-electron chi connectivity index (χ2n) is 7.19. The van der Waals surface area contributed by atoms with Crippen molar-refractivity contribution in [3.63, 3.8) is 0 Å². The number of aliphatic hydroxyl groups excluding tert-OH is 1. The van der Waals surface area contributed by atoms with Gasteiger partial charge in [0.15, 0.2) is 0 Å². The molecule has 2 unspecified atom stereocenters. The largest absolute Gasteiger partial charge is 0.391 e. The van der Waals surface area contributed by atoms with Crippen LogP contribution < -0.4 is 10.6 Å². The number of aliphatic hydroxyl groups is 1. The van der Waals surface area contributed by atoms with Gasteiger partial charge in [0, 0.05) is 31.4 Å². The monoisotopic (exact) mass is 356 g/mol. The number of carbonyl (C=O) groups is 1. The maximum atomic E-state index is 11.8. The lowest BCUT2D eigenvalue weighted by molar-refractivity contribution is 0.00992. The van der Waals surface area contributed by atoms with Crippen LogP contribution in [0.25, 0.3) is 0 Å². The lowest BCUT2D eigenvalue weighted by Crippen LogP contribution is -2.50. The predicted molar refractivity (Wildman–Crippen MR) is 102 cm³/mol. The highest BCUT2D eigenvalue weighted by molar-refractivity contribution is 5.94. The zero-order chi connectivity index (χ0) is 18.4. The quantitative estimate of drug-likeness (QED) is 0.699. The van der Waals surface area contributed by atoms with Crippen molar-refractivity contribution in [3.05, 3.63) is 23.9 Å². The van der Waals surface area contributed by atoms with Crippen LogP contribution in [0.2, 0.25) is 0 Å². The number of amides is 1. The number of carbonyl (C=O) groups excluding carboxylic acids is 1. The van der Waals surface area contributed by atoms with E-state index >= 15 is 0 Å². The van der Waals surface area contributed by atoms with E-state index in [0.717, 1.165) is 51.0 Å². The van der Waals surface area contributed by atoms with Crippen LogP contribution in [0.4, 0.5) is 5.82 Å². The minimum atomic E-state index is -0.207. The molecule has 3 rings (SSSR count). The minimum absolute atomic E-state index is 0.164. The molecule has 1 aromatic rings. The van der Waals surface area contributed by atoms with Gasteiger partial charge in [0.25, 0.3) is 5.91 Å². The number of aromatic nitrogens is 1. The number of terminal acetylenes is 1. The first kappa shape index (κ1) is 18.7. The summed E-state index contributed by atoms with van der Waals surface area (Å²) >= 11 is 0. The first-order chi connectivity index (χ1) is 12.7. The zero-order valence-electron chi connectivity index (χ0n) is 15.2. The van der Waals surface area contributed by atoms with E-state index in [9.17, 15) is 9.90 Å². The number of nitrogens with zero attached hydrogens (tertiary/aromatic N) is 2. The molecule has 1 amide bonds. The van der Waals surface area contributed by atoms with E-state index in [1.54, 1.807) is 12.3 Å². The lowest BCUT2D eigenvalue weighted by Gasteiger charge is -2.41. The van der Waals surface area contributed by atoms with Crippen molar-refractivity contribution in [2.75, 3.05) is 25.0 Å². The molecule has 2 fully saturated rings. The fourth-order valence-electron chi connectivity index (χ4n) is 3.95. The van der Waals surface area contributed by atoms with Gasteiger partial charge >= 0.3 is 0 Å². The third-order valence-electron chi connectivity index (χ3n) is 5.42. The number of nitrogens with one attached hydrogen (secondary N) is 2. The second-order valence-corrected chi connectivity index (χ2v) is 7.19. The van der Waals surface area contributed by atoms with Gasteiger partial charge < -0.3 is 15.7 Å². The van der Waals surface area contributed by atoms with E-state index in [4.69, 9.17) is 6.42 Å². The molecule has 6 nitrogen and oxygen atoms in total. The molecule has 0 radical (unpaired) electrons. The molecule has 0 aromatic carbocycles. The Morgan fingerprint density at radius 3 is 2.69 bits per heavy atom. The van der Waals surface area contributed by atoms with Crippen LogP contribution in [0, 0.1) is 12.3 Å². The Kier molecular flexibility index (Phi) is 6.48. The molecule has 6 heteroatoms. The van der Waals surface area contributed by atoms with Gasteiger partial charge in [-0.15, -0.1) is 6.42 Å². The molecule has 1 saturated heterocycles. The number of pyridine rings is 1. The summed E-state index contributed by atoms with van der Waals surface area (Å²) in [7, 11) is 0. The summed E-state index contributed by atoms with van der Waals surface area (Å²) in [5.74, 6) is 2.96. The standard InChI is InChI=1S/C20H28N4O2/c1-2-11-21-20(26)15-7-8-19(22-14-15)23-16-9-12-24(13-10-16)17-5-3-4-6-18(17)25/h1,7-8,14,16-18,25H,3-6,9-13H2,(H,21,26)(H,22,23).